The molecule has 0 spiro atoms. The highest BCUT2D eigenvalue weighted by atomic mass is 28.4. The summed E-state index contributed by atoms with van der Waals surface area (Å²) in [5, 5.41) is 10.3. The SMILES string of the molecule is CC1CC(O)[C@@H](CO[Si](C)(C)C(C)(C)C)[C@@H]1C. The van der Waals surface area contributed by atoms with Crippen molar-refractivity contribution >= 4 is 8.32 Å². The van der Waals surface area contributed by atoms with E-state index in [0.717, 1.165) is 13.0 Å². The average molecular weight is 258 g/mol. The van der Waals surface area contributed by atoms with Gasteiger partial charge >= 0.3 is 0 Å². The number of aliphatic hydroxyl groups is 1. The van der Waals surface area contributed by atoms with Crippen LogP contribution in [0.4, 0.5) is 0 Å². The van der Waals surface area contributed by atoms with Crippen LogP contribution in [0, 0.1) is 17.8 Å². The van der Waals surface area contributed by atoms with Crippen LogP contribution in [-0.4, -0.2) is 26.1 Å². The van der Waals surface area contributed by atoms with Crippen molar-refractivity contribution in [2.75, 3.05) is 6.61 Å². The summed E-state index contributed by atoms with van der Waals surface area (Å²) < 4.78 is 6.25. The Morgan fingerprint density at radius 2 is 1.76 bits per heavy atom. The minimum Gasteiger partial charge on any atom is -0.416 e. The summed E-state index contributed by atoms with van der Waals surface area (Å²) in [6.07, 6.45) is 0.775. The molecule has 0 aliphatic heterocycles. The molecule has 102 valence electrons. The Morgan fingerprint density at radius 1 is 1.24 bits per heavy atom. The van der Waals surface area contributed by atoms with Gasteiger partial charge in [-0.1, -0.05) is 34.6 Å². The summed E-state index contributed by atoms with van der Waals surface area (Å²) in [7, 11) is -1.66. The fraction of sp³-hybridized carbons (Fsp3) is 1.00. The van der Waals surface area contributed by atoms with E-state index in [4.69, 9.17) is 4.43 Å². The molecule has 1 fully saturated rings. The molecular formula is C14H30O2Si. The third-order valence-corrected chi connectivity index (χ3v) is 9.62. The van der Waals surface area contributed by atoms with Crippen LogP contribution in [0.1, 0.15) is 41.0 Å². The van der Waals surface area contributed by atoms with Gasteiger partial charge in [0.2, 0.25) is 0 Å². The molecule has 0 amide bonds. The lowest BCUT2D eigenvalue weighted by atomic mass is 9.93. The van der Waals surface area contributed by atoms with Crippen LogP contribution >= 0.6 is 0 Å². The highest BCUT2D eigenvalue weighted by Gasteiger charge is 2.41. The summed E-state index contributed by atoms with van der Waals surface area (Å²) >= 11 is 0. The van der Waals surface area contributed by atoms with Crippen LogP contribution in [0.2, 0.25) is 18.1 Å². The van der Waals surface area contributed by atoms with Crippen LogP contribution in [-0.2, 0) is 4.43 Å². The summed E-state index contributed by atoms with van der Waals surface area (Å²) in [5.74, 6) is 1.53. The van der Waals surface area contributed by atoms with Crippen molar-refractivity contribution in [1.82, 2.24) is 0 Å². The fourth-order valence-corrected chi connectivity index (χ4v) is 3.37. The first kappa shape index (κ1) is 15.2. The quantitative estimate of drug-likeness (QED) is 0.783. The molecule has 1 rings (SSSR count). The van der Waals surface area contributed by atoms with Gasteiger partial charge < -0.3 is 9.53 Å². The van der Waals surface area contributed by atoms with Gasteiger partial charge in [-0.3, -0.25) is 0 Å². The lowest BCUT2D eigenvalue weighted by Crippen LogP contribution is -2.43. The second kappa shape index (κ2) is 5.02. The molecule has 1 N–H and O–H groups in total. The molecule has 1 aliphatic rings. The molecule has 1 aliphatic carbocycles. The largest absolute Gasteiger partial charge is 0.416 e. The molecule has 0 aromatic rings. The number of aliphatic hydroxyl groups excluding tert-OH is 1. The van der Waals surface area contributed by atoms with Crippen molar-refractivity contribution in [3.63, 3.8) is 0 Å². The summed E-state index contributed by atoms with van der Waals surface area (Å²) in [4.78, 5) is 0. The van der Waals surface area contributed by atoms with E-state index in [1.54, 1.807) is 0 Å². The van der Waals surface area contributed by atoms with Crippen molar-refractivity contribution in [3.8, 4) is 0 Å². The first-order valence-electron chi connectivity index (χ1n) is 6.88. The Morgan fingerprint density at radius 3 is 2.12 bits per heavy atom. The normalized spacial score (nSPS) is 35.3. The highest BCUT2D eigenvalue weighted by Crippen LogP contribution is 2.40. The van der Waals surface area contributed by atoms with Crippen LogP contribution < -0.4 is 0 Å². The lowest BCUT2D eigenvalue weighted by molar-refractivity contribution is 0.0786. The van der Waals surface area contributed by atoms with E-state index in [0.29, 0.717) is 17.8 Å². The molecule has 4 atom stereocenters. The molecule has 2 unspecified atom stereocenters. The van der Waals surface area contributed by atoms with E-state index in [9.17, 15) is 5.11 Å². The second-order valence-electron chi connectivity index (χ2n) is 7.37. The maximum Gasteiger partial charge on any atom is 0.191 e. The standard InChI is InChI=1S/C14H30O2Si/c1-10-8-13(15)12(11(10)2)9-16-17(6,7)14(3,4)5/h10-13,15H,8-9H2,1-7H3/t10?,11-,12+,13?/m1/s1. The summed E-state index contributed by atoms with van der Waals surface area (Å²) in [5.41, 5.74) is 0. The minimum atomic E-state index is -1.66. The monoisotopic (exact) mass is 258 g/mol. The molecule has 0 aromatic heterocycles. The second-order valence-corrected chi connectivity index (χ2v) is 12.2. The maximum atomic E-state index is 10.1. The average Bonchev–Trinajstić information content (AvgIpc) is 2.37. The first-order chi connectivity index (χ1) is 7.56. The van der Waals surface area contributed by atoms with E-state index in [1.807, 2.05) is 0 Å². The Balaban J connectivity index is 2.57. The van der Waals surface area contributed by atoms with Gasteiger partial charge in [-0.2, -0.15) is 0 Å². The Kier molecular flexibility index (Phi) is 4.49. The Bertz CT molecular complexity index is 257. The van der Waals surface area contributed by atoms with Crippen LogP contribution in [0.5, 0.6) is 0 Å². The summed E-state index contributed by atoms with van der Waals surface area (Å²) in [6, 6.07) is 0. The Labute approximate surface area is 108 Å². The maximum absolute atomic E-state index is 10.1. The van der Waals surface area contributed by atoms with Crippen LogP contribution in [0.25, 0.3) is 0 Å². The zero-order valence-electron chi connectivity index (χ0n) is 12.6. The van der Waals surface area contributed by atoms with Gasteiger partial charge in [0.1, 0.15) is 0 Å². The van der Waals surface area contributed by atoms with Gasteiger partial charge in [0, 0.05) is 12.5 Å². The number of rotatable bonds is 3. The molecule has 0 saturated heterocycles. The van der Waals surface area contributed by atoms with Crippen LogP contribution in [0.15, 0.2) is 0 Å². The predicted octanol–water partition coefficient (Wildman–Crippen LogP) is 3.66. The van der Waals surface area contributed by atoms with Gasteiger partial charge in [-0.25, -0.2) is 0 Å². The van der Waals surface area contributed by atoms with Gasteiger partial charge in [0.15, 0.2) is 8.32 Å². The van der Waals surface area contributed by atoms with Crippen LogP contribution in [0.3, 0.4) is 0 Å². The highest BCUT2D eigenvalue weighted by molar-refractivity contribution is 6.74. The predicted molar refractivity (Wildman–Crippen MR) is 75.6 cm³/mol. The third-order valence-electron chi connectivity index (χ3n) is 5.12. The van der Waals surface area contributed by atoms with E-state index < -0.39 is 8.32 Å². The molecule has 17 heavy (non-hydrogen) atoms. The molecule has 2 nitrogen and oxygen atoms in total. The van der Waals surface area contributed by atoms with E-state index in [1.165, 1.54) is 0 Å². The molecule has 3 heteroatoms. The third kappa shape index (κ3) is 3.33. The molecule has 1 saturated carbocycles. The van der Waals surface area contributed by atoms with Gasteiger partial charge in [0.05, 0.1) is 6.10 Å². The van der Waals surface area contributed by atoms with Crippen molar-refractivity contribution in [2.45, 2.75) is 65.3 Å². The Hall–Kier alpha value is 0.137. The number of hydrogen-bond donors (Lipinski definition) is 1. The lowest BCUT2D eigenvalue weighted by Gasteiger charge is -2.37. The van der Waals surface area contributed by atoms with Gasteiger partial charge in [0.25, 0.3) is 0 Å². The van der Waals surface area contributed by atoms with Crippen molar-refractivity contribution in [1.29, 1.82) is 0 Å². The van der Waals surface area contributed by atoms with E-state index in [2.05, 4.69) is 47.7 Å². The molecule has 0 bridgehead atoms. The van der Waals surface area contributed by atoms with Crippen molar-refractivity contribution < 1.29 is 9.53 Å². The van der Waals surface area contributed by atoms with Crippen molar-refractivity contribution in [2.24, 2.45) is 17.8 Å². The zero-order chi connectivity index (χ0) is 13.4. The minimum absolute atomic E-state index is 0.162. The fourth-order valence-electron chi connectivity index (χ4n) is 2.33. The molecule has 0 heterocycles. The topological polar surface area (TPSA) is 29.5 Å². The zero-order valence-corrected chi connectivity index (χ0v) is 13.6. The summed E-state index contributed by atoms with van der Waals surface area (Å²) in [6.45, 7) is 16.6. The van der Waals surface area contributed by atoms with E-state index in [-0.39, 0.29) is 11.1 Å². The number of hydrogen-bond acceptors (Lipinski definition) is 2. The first-order valence-corrected chi connectivity index (χ1v) is 9.79. The van der Waals surface area contributed by atoms with Gasteiger partial charge in [-0.05, 0) is 36.4 Å². The van der Waals surface area contributed by atoms with Crippen molar-refractivity contribution in [3.05, 3.63) is 0 Å². The van der Waals surface area contributed by atoms with E-state index >= 15 is 0 Å². The molecule has 0 aromatic carbocycles. The smallest absolute Gasteiger partial charge is 0.191 e. The molecule has 0 radical (unpaired) electrons. The molecular weight excluding hydrogens is 228 g/mol. The van der Waals surface area contributed by atoms with Gasteiger partial charge in [-0.15, -0.1) is 0 Å².